The SMILES string of the molecule is CCn1cc(CCNC(=O)NCc2ccccc2)c2cccnc21. The Labute approximate surface area is 141 Å². The summed E-state index contributed by atoms with van der Waals surface area (Å²) < 4.78 is 2.14. The van der Waals surface area contributed by atoms with Gasteiger partial charge in [-0.3, -0.25) is 0 Å². The predicted molar refractivity (Wildman–Crippen MR) is 95.8 cm³/mol. The van der Waals surface area contributed by atoms with Crippen LogP contribution in [0.2, 0.25) is 0 Å². The van der Waals surface area contributed by atoms with Crippen LogP contribution >= 0.6 is 0 Å². The minimum atomic E-state index is -0.142. The number of benzene rings is 1. The van der Waals surface area contributed by atoms with Gasteiger partial charge in [0.05, 0.1) is 0 Å². The van der Waals surface area contributed by atoms with Crippen molar-refractivity contribution in [2.45, 2.75) is 26.4 Å². The standard InChI is InChI=1S/C19H22N4O/c1-2-23-14-16(17-9-6-11-20-18(17)23)10-12-21-19(24)22-13-15-7-4-3-5-8-15/h3-9,11,14H,2,10,12-13H2,1H3,(H2,21,22,24). The summed E-state index contributed by atoms with van der Waals surface area (Å²) in [6.07, 6.45) is 4.72. The van der Waals surface area contributed by atoms with E-state index in [1.54, 1.807) is 0 Å². The third-order valence-corrected chi connectivity index (χ3v) is 4.03. The molecule has 2 amide bonds. The summed E-state index contributed by atoms with van der Waals surface area (Å²) in [7, 11) is 0. The summed E-state index contributed by atoms with van der Waals surface area (Å²) in [5.41, 5.74) is 3.30. The van der Waals surface area contributed by atoms with E-state index in [2.05, 4.69) is 39.4 Å². The van der Waals surface area contributed by atoms with Crippen molar-refractivity contribution in [2.75, 3.05) is 6.54 Å². The number of aryl methyl sites for hydroxylation is 1. The van der Waals surface area contributed by atoms with Gasteiger partial charge in [0.25, 0.3) is 0 Å². The van der Waals surface area contributed by atoms with Gasteiger partial charge in [0.1, 0.15) is 5.65 Å². The normalized spacial score (nSPS) is 10.7. The van der Waals surface area contributed by atoms with Crippen LogP contribution in [0.15, 0.2) is 54.9 Å². The smallest absolute Gasteiger partial charge is 0.315 e. The Morgan fingerprint density at radius 1 is 1.12 bits per heavy atom. The van der Waals surface area contributed by atoms with E-state index in [-0.39, 0.29) is 6.03 Å². The molecule has 0 aliphatic rings. The van der Waals surface area contributed by atoms with E-state index in [1.807, 2.05) is 42.6 Å². The van der Waals surface area contributed by atoms with Gasteiger partial charge in [-0.2, -0.15) is 0 Å². The van der Waals surface area contributed by atoms with E-state index in [4.69, 9.17) is 0 Å². The van der Waals surface area contributed by atoms with E-state index >= 15 is 0 Å². The number of hydrogen-bond acceptors (Lipinski definition) is 2. The van der Waals surface area contributed by atoms with Crippen molar-refractivity contribution in [3.05, 3.63) is 66.0 Å². The third kappa shape index (κ3) is 3.74. The number of urea groups is 1. The van der Waals surface area contributed by atoms with Gasteiger partial charge in [-0.1, -0.05) is 30.3 Å². The molecule has 0 bridgehead atoms. The largest absolute Gasteiger partial charge is 0.338 e. The van der Waals surface area contributed by atoms with Crippen LogP contribution in [0.3, 0.4) is 0 Å². The molecule has 5 heteroatoms. The molecule has 2 heterocycles. The second-order valence-electron chi connectivity index (χ2n) is 5.66. The van der Waals surface area contributed by atoms with Gasteiger partial charge < -0.3 is 15.2 Å². The molecule has 5 nitrogen and oxygen atoms in total. The molecule has 124 valence electrons. The summed E-state index contributed by atoms with van der Waals surface area (Å²) in [5.74, 6) is 0. The first-order valence-corrected chi connectivity index (χ1v) is 8.26. The van der Waals surface area contributed by atoms with Crippen molar-refractivity contribution in [2.24, 2.45) is 0 Å². The van der Waals surface area contributed by atoms with Gasteiger partial charge in [0, 0.05) is 37.4 Å². The molecule has 24 heavy (non-hydrogen) atoms. The summed E-state index contributed by atoms with van der Waals surface area (Å²) in [6, 6.07) is 13.8. The lowest BCUT2D eigenvalue weighted by molar-refractivity contribution is 0.240. The average molecular weight is 322 g/mol. The van der Waals surface area contributed by atoms with Crippen LogP contribution in [0.25, 0.3) is 11.0 Å². The van der Waals surface area contributed by atoms with Crippen molar-refractivity contribution < 1.29 is 4.79 Å². The molecule has 3 aromatic rings. The van der Waals surface area contributed by atoms with Crippen LogP contribution in [0.1, 0.15) is 18.1 Å². The Kier molecular flexibility index (Phi) is 5.11. The Hall–Kier alpha value is -2.82. The highest BCUT2D eigenvalue weighted by Crippen LogP contribution is 2.19. The highest BCUT2D eigenvalue weighted by atomic mass is 16.2. The van der Waals surface area contributed by atoms with Gasteiger partial charge in [-0.05, 0) is 36.6 Å². The fraction of sp³-hybridized carbons (Fsp3) is 0.263. The predicted octanol–water partition coefficient (Wildman–Crippen LogP) is 3.10. The van der Waals surface area contributed by atoms with Gasteiger partial charge in [0.15, 0.2) is 0 Å². The lowest BCUT2D eigenvalue weighted by Gasteiger charge is -2.07. The second kappa shape index (κ2) is 7.64. The molecule has 1 aromatic carbocycles. The number of rotatable bonds is 6. The molecule has 0 radical (unpaired) electrons. The molecule has 0 aliphatic heterocycles. The van der Waals surface area contributed by atoms with Crippen molar-refractivity contribution >= 4 is 17.1 Å². The zero-order chi connectivity index (χ0) is 16.8. The molecule has 2 N–H and O–H groups in total. The summed E-state index contributed by atoms with van der Waals surface area (Å²) in [5, 5.41) is 6.94. The quantitative estimate of drug-likeness (QED) is 0.732. The minimum Gasteiger partial charge on any atom is -0.338 e. The van der Waals surface area contributed by atoms with Gasteiger partial charge >= 0.3 is 6.03 Å². The van der Waals surface area contributed by atoms with E-state index in [0.29, 0.717) is 13.1 Å². The van der Waals surface area contributed by atoms with Gasteiger partial charge in [-0.15, -0.1) is 0 Å². The highest BCUT2D eigenvalue weighted by molar-refractivity contribution is 5.80. The molecule has 2 aromatic heterocycles. The maximum atomic E-state index is 11.9. The zero-order valence-electron chi connectivity index (χ0n) is 13.8. The van der Waals surface area contributed by atoms with Crippen LogP contribution in [-0.4, -0.2) is 22.1 Å². The van der Waals surface area contributed by atoms with Crippen LogP contribution in [-0.2, 0) is 19.5 Å². The van der Waals surface area contributed by atoms with Crippen molar-refractivity contribution in [3.63, 3.8) is 0 Å². The molecular weight excluding hydrogens is 300 g/mol. The average Bonchev–Trinajstić information content (AvgIpc) is 2.99. The first-order valence-electron chi connectivity index (χ1n) is 8.26. The van der Waals surface area contributed by atoms with E-state index < -0.39 is 0 Å². The number of pyridine rings is 1. The van der Waals surface area contributed by atoms with Crippen LogP contribution in [0.4, 0.5) is 4.79 Å². The Morgan fingerprint density at radius 3 is 2.75 bits per heavy atom. The summed E-state index contributed by atoms with van der Waals surface area (Å²) in [6.45, 7) is 4.12. The number of nitrogens with zero attached hydrogens (tertiary/aromatic N) is 2. The lowest BCUT2D eigenvalue weighted by Crippen LogP contribution is -2.36. The molecule has 3 rings (SSSR count). The Bertz CT molecular complexity index is 811. The maximum Gasteiger partial charge on any atom is 0.315 e. The minimum absolute atomic E-state index is 0.142. The molecule has 0 aliphatic carbocycles. The van der Waals surface area contributed by atoms with Crippen LogP contribution in [0, 0.1) is 0 Å². The molecule has 0 saturated carbocycles. The fourth-order valence-corrected chi connectivity index (χ4v) is 2.79. The van der Waals surface area contributed by atoms with Crippen molar-refractivity contribution in [3.8, 4) is 0 Å². The third-order valence-electron chi connectivity index (χ3n) is 4.03. The highest BCUT2D eigenvalue weighted by Gasteiger charge is 2.08. The number of amides is 2. The lowest BCUT2D eigenvalue weighted by atomic mass is 10.1. The fourth-order valence-electron chi connectivity index (χ4n) is 2.79. The van der Waals surface area contributed by atoms with E-state index in [9.17, 15) is 4.79 Å². The number of aromatic nitrogens is 2. The van der Waals surface area contributed by atoms with Crippen molar-refractivity contribution in [1.29, 1.82) is 0 Å². The number of fused-ring (bicyclic) bond motifs is 1. The van der Waals surface area contributed by atoms with E-state index in [1.165, 1.54) is 5.56 Å². The summed E-state index contributed by atoms with van der Waals surface area (Å²) in [4.78, 5) is 16.3. The summed E-state index contributed by atoms with van der Waals surface area (Å²) >= 11 is 0. The first-order chi connectivity index (χ1) is 11.8. The molecule has 0 atom stereocenters. The maximum absolute atomic E-state index is 11.9. The molecule has 0 fully saturated rings. The first kappa shape index (κ1) is 16.1. The second-order valence-corrected chi connectivity index (χ2v) is 5.66. The van der Waals surface area contributed by atoms with Gasteiger partial charge in [-0.25, -0.2) is 9.78 Å². The van der Waals surface area contributed by atoms with Gasteiger partial charge in [0.2, 0.25) is 0 Å². The number of nitrogens with one attached hydrogen (secondary N) is 2. The van der Waals surface area contributed by atoms with Crippen molar-refractivity contribution in [1.82, 2.24) is 20.2 Å². The molecule has 0 spiro atoms. The number of carbonyl (C=O) groups excluding carboxylic acids is 1. The topological polar surface area (TPSA) is 59.0 Å². The monoisotopic (exact) mass is 322 g/mol. The molecule has 0 unspecified atom stereocenters. The molecular formula is C19H22N4O. The van der Waals surface area contributed by atoms with E-state index in [0.717, 1.165) is 29.6 Å². The zero-order valence-corrected chi connectivity index (χ0v) is 13.8. The Morgan fingerprint density at radius 2 is 1.96 bits per heavy atom. The Balaban J connectivity index is 1.52. The molecule has 0 saturated heterocycles. The number of hydrogen-bond donors (Lipinski definition) is 2. The van der Waals surface area contributed by atoms with Crippen LogP contribution in [0.5, 0.6) is 0 Å². The number of carbonyl (C=O) groups is 1. The van der Waals surface area contributed by atoms with Crippen LogP contribution < -0.4 is 10.6 Å².